The van der Waals surface area contributed by atoms with E-state index in [1.165, 1.54) is 43.4 Å². The van der Waals surface area contributed by atoms with Gasteiger partial charge in [-0.1, -0.05) is 152 Å². The lowest BCUT2D eigenvalue weighted by atomic mass is 9.32. The van der Waals surface area contributed by atoms with Gasteiger partial charge in [0.05, 0.1) is 34.1 Å². The van der Waals surface area contributed by atoms with Gasteiger partial charge in [-0.15, -0.1) is 0 Å². The second-order valence-electron chi connectivity index (χ2n) is 19.9. The molecule has 4 aliphatic heterocycles. The summed E-state index contributed by atoms with van der Waals surface area (Å²) >= 11 is 0. The van der Waals surface area contributed by atoms with Crippen LogP contribution in [0.15, 0.2) is 251 Å². The zero-order valence-corrected chi connectivity index (χ0v) is 39.9. The van der Waals surface area contributed by atoms with Gasteiger partial charge in [0.25, 0.3) is 13.4 Å². The van der Waals surface area contributed by atoms with E-state index in [1.807, 2.05) is 0 Å². The zero-order chi connectivity index (χ0) is 48.2. The summed E-state index contributed by atoms with van der Waals surface area (Å²) in [5.74, 6) is 0. The monoisotopic (exact) mass is 942 g/mol. The van der Waals surface area contributed by atoms with Crippen molar-refractivity contribution >= 4 is 158 Å². The van der Waals surface area contributed by atoms with E-state index in [1.54, 1.807) is 0 Å². The van der Waals surface area contributed by atoms with Crippen LogP contribution in [0.3, 0.4) is 0 Å². The average molecular weight is 943 g/mol. The van der Waals surface area contributed by atoms with E-state index in [0.29, 0.717) is 0 Å². The van der Waals surface area contributed by atoms with Crippen LogP contribution in [-0.2, 0) is 0 Å². The van der Waals surface area contributed by atoms with Gasteiger partial charge in [-0.25, -0.2) is 0 Å². The molecule has 6 heterocycles. The highest BCUT2D eigenvalue weighted by Crippen LogP contribution is 2.52. The predicted octanol–water partition coefficient (Wildman–Crippen LogP) is 13.7. The van der Waals surface area contributed by atoms with Gasteiger partial charge in [0.15, 0.2) is 0 Å². The molecule has 342 valence electrons. The molecular weight excluding hydrogens is 902 g/mol. The quantitative estimate of drug-likeness (QED) is 0.164. The van der Waals surface area contributed by atoms with Crippen molar-refractivity contribution in [3.05, 3.63) is 243 Å². The highest BCUT2D eigenvalue weighted by molar-refractivity contribution is 7.02. The minimum Gasteiger partial charge on any atom is -0.468 e. The van der Waals surface area contributed by atoms with Gasteiger partial charge in [-0.2, -0.15) is 0 Å². The molecule has 17 rings (SSSR count). The Kier molecular flexibility index (Phi) is 8.08. The fourth-order valence-corrected chi connectivity index (χ4v) is 13.2. The van der Waals surface area contributed by atoms with Crippen molar-refractivity contribution in [3.8, 4) is 0 Å². The van der Waals surface area contributed by atoms with Crippen molar-refractivity contribution in [2.45, 2.75) is 0 Å². The summed E-state index contributed by atoms with van der Waals surface area (Å²) in [7, 11) is 0. The molecule has 0 bridgehead atoms. The molecule has 0 unspecified atom stereocenters. The van der Waals surface area contributed by atoms with Crippen LogP contribution < -0.4 is 52.8 Å². The third kappa shape index (κ3) is 5.30. The Bertz CT molecular complexity index is 4220. The van der Waals surface area contributed by atoms with Gasteiger partial charge >= 0.3 is 0 Å². The average Bonchev–Trinajstić information content (AvgIpc) is 4.14. The van der Waals surface area contributed by atoms with E-state index >= 15 is 0 Å². The zero-order valence-electron chi connectivity index (χ0n) is 39.9. The first-order valence-electron chi connectivity index (χ1n) is 25.5. The number of rotatable bonds is 4. The number of anilines is 12. The van der Waals surface area contributed by atoms with Crippen molar-refractivity contribution in [1.29, 1.82) is 0 Å². The Morgan fingerprint density at radius 1 is 0.270 bits per heavy atom. The summed E-state index contributed by atoms with van der Waals surface area (Å²) in [6.45, 7) is -0.533. The molecule has 0 atom stereocenters. The van der Waals surface area contributed by atoms with Crippen molar-refractivity contribution in [2.75, 3.05) is 19.6 Å². The standard InChI is InChI=1S/C66H40B2N4O2/c1-3-23-43(24-4-1)69-53-33-17-35-55-61(53)67(65-63(69)47-29-11-13-37-59(47)73-65)49-39-50-58(40-57(49)71(55)51-31-15-21-41-19-7-9-27-45(41)51)72(52-32-16-22-42-20-8-10-28-46(42)52)56-36-18-34-54-62(56)68(50)66-64(48-30-12-14-38-60(48)74-66)70(54)44-25-5-2-6-26-44/h1-40H. The summed E-state index contributed by atoms with van der Waals surface area (Å²) in [6.07, 6.45) is 0. The van der Waals surface area contributed by atoms with E-state index in [4.69, 9.17) is 8.83 Å². The van der Waals surface area contributed by atoms with Crippen molar-refractivity contribution in [1.82, 2.24) is 0 Å². The van der Waals surface area contributed by atoms with Gasteiger partial charge in [-0.05, 0) is 124 Å². The molecule has 0 N–H and O–H groups in total. The molecule has 13 aromatic rings. The number of hydrogen-bond donors (Lipinski definition) is 0. The smallest absolute Gasteiger partial charge is 0.297 e. The van der Waals surface area contributed by atoms with Crippen molar-refractivity contribution < 1.29 is 8.83 Å². The Labute approximate surface area is 427 Å². The van der Waals surface area contributed by atoms with E-state index in [0.717, 1.165) is 102 Å². The molecule has 2 aromatic heterocycles. The van der Waals surface area contributed by atoms with E-state index in [-0.39, 0.29) is 13.4 Å². The van der Waals surface area contributed by atoms with Crippen LogP contribution in [-0.4, -0.2) is 13.4 Å². The molecule has 0 aliphatic carbocycles. The van der Waals surface area contributed by atoms with Crippen LogP contribution in [0.4, 0.5) is 68.2 Å². The fourth-order valence-electron chi connectivity index (χ4n) is 13.2. The van der Waals surface area contributed by atoms with Crippen LogP contribution in [0.25, 0.3) is 43.5 Å². The molecule has 11 aromatic carbocycles. The van der Waals surface area contributed by atoms with E-state index in [2.05, 4.69) is 262 Å². The van der Waals surface area contributed by atoms with E-state index < -0.39 is 0 Å². The van der Waals surface area contributed by atoms with Crippen LogP contribution in [0.5, 0.6) is 0 Å². The second-order valence-corrected chi connectivity index (χ2v) is 19.9. The third-order valence-corrected chi connectivity index (χ3v) is 16.1. The predicted molar refractivity (Wildman–Crippen MR) is 309 cm³/mol. The maximum absolute atomic E-state index is 7.35. The maximum Gasteiger partial charge on any atom is 0.297 e. The van der Waals surface area contributed by atoms with Crippen LogP contribution in [0.2, 0.25) is 0 Å². The highest BCUT2D eigenvalue weighted by Gasteiger charge is 2.51. The van der Waals surface area contributed by atoms with Gasteiger partial charge in [0.2, 0.25) is 0 Å². The molecular formula is C66H40B2N4O2. The first kappa shape index (κ1) is 40.0. The molecule has 4 aliphatic rings. The summed E-state index contributed by atoms with van der Waals surface area (Å²) in [6, 6.07) is 88.4. The molecule has 8 heteroatoms. The molecule has 6 nitrogen and oxygen atoms in total. The normalized spacial score (nSPS) is 13.8. The Hall–Kier alpha value is -9.65. The molecule has 74 heavy (non-hydrogen) atoms. The number of benzene rings is 11. The number of para-hydroxylation sites is 4. The molecule has 0 spiro atoms. The summed E-state index contributed by atoms with van der Waals surface area (Å²) in [4.78, 5) is 9.96. The molecule has 0 amide bonds. The molecule has 0 saturated heterocycles. The minimum absolute atomic E-state index is 0.266. The third-order valence-electron chi connectivity index (χ3n) is 16.1. The van der Waals surface area contributed by atoms with Gasteiger partial charge in [0.1, 0.15) is 11.2 Å². The maximum atomic E-state index is 7.35. The molecule has 0 fully saturated rings. The lowest BCUT2D eigenvalue weighted by Gasteiger charge is -2.45. The Morgan fingerprint density at radius 2 is 0.622 bits per heavy atom. The fraction of sp³-hybridized carbons (Fsp3) is 0. The largest absolute Gasteiger partial charge is 0.468 e. The van der Waals surface area contributed by atoms with Crippen LogP contribution in [0.1, 0.15) is 0 Å². The first-order chi connectivity index (χ1) is 36.8. The molecule has 0 saturated carbocycles. The SMILES string of the molecule is c1ccc(N2c3cccc4c3B(c3cc5c(cc3N4c3cccc4ccccc34)N(c3cccc4ccccc34)c3cccc4c3B5c3oc5ccccc5c3N4c3ccccc3)c3oc4ccccc4c32)cc1. The first-order valence-corrected chi connectivity index (χ1v) is 25.5. The Morgan fingerprint density at radius 3 is 1.08 bits per heavy atom. The highest BCUT2D eigenvalue weighted by atomic mass is 16.3. The van der Waals surface area contributed by atoms with Crippen LogP contribution >= 0.6 is 0 Å². The van der Waals surface area contributed by atoms with Gasteiger partial charge in [0, 0.05) is 67.0 Å². The minimum atomic E-state index is -0.266. The summed E-state index contributed by atoms with van der Waals surface area (Å²) in [5.41, 5.74) is 21.6. The molecule has 0 radical (unpaired) electrons. The second kappa shape index (κ2) is 14.9. The lowest BCUT2D eigenvalue weighted by molar-refractivity contribution is 0.651. The van der Waals surface area contributed by atoms with Crippen molar-refractivity contribution in [2.24, 2.45) is 0 Å². The number of hydrogen-bond acceptors (Lipinski definition) is 6. The van der Waals surface area contributed by atoms with E-state index in [9.17, 15) is 0 Å². The Balaban J connectivity index is 1.03. The topological polar surface area (TPSA) is 39.2 Å². The number of nitrogens with zero attached hydrogens (tertiary/aromatic N) is 4. The summed E-state index contributed by atoms with van der Waals surface area (Å²) < 4.78 is 14.7. The van der Waals surface area contributed by atoms with Gasteiger partial charge in [-0.3, -0.25) is 0 Å². The van der Waals surface area contributed by atoms with Crippen LogP contribution in [0, 0.1) is 0 Å². The number of furan rings is 2. The summed E-state index contributed by atoms with van der Waals surface area (Å²) in [5, 5.41) is 6.89. The van der Waals surface area contributed by atoms with Gasteiger partial charge < -0.3 is 28.4 Å². The number of fused-ring (bicyclic) bond motifs is 14. The van der Waals surface area contributed by atoms with Crippen molar-refractivity contribution in [3.63, 3.8) is 0 Å². The lowest BCUT2D eigenvalue weighted by Crippen LogP contribution is -2.65.